The summed E-state index contributed by atoms with van der Waals surface area (Å²) < 4.78 is 12.0. The molecular weight excluding hydrogens is 109 g/mol. The predicted molar refractivity (Wildman–Crippen MR) is 30.0 cm³/mol. The molecule has 0 aliphatic carbocycles. The third-order valence-corrected chi connectivity index (χ3v) is 0.775. The summed E-state index contributed by atoms with van der Waals surface area (Å²) in [6.07, 6.45) is 0. The van der Waals surface area contributed by atoms with Crippen LogP contribution in [0.5, 0.6) is 0 Å². The highest BCUT2D eigenvalue weighted by Gasteiger charge is 2.27. The number of halogens is 1. The molecule has 0 saturated carbocycles. The second kappa shape index (κ2) is 2.50. The fourth-order valence-electron chi connectivity index (χ4n) is 0.435. The Bertz CT molecular complexity index is 72.9. The molecule has 0 amide bonds. The third kappa shape index (κ3) is 1.48. The van der Waals surface area contributed by atoms with Gasteiger partial charge in [-0.15, -0.1) is 0 Å². The summed E-state index contributed by atoms with van der Waals surface area (Å²) in [7, 11) is -1.09. The van der Waals surface area contributed by atoms with Crippen LogP contribution in [0.15, 0.2) is 0 Å². The van der Waals surface area contributed by atoms with Crippen LogP contribution < -0.4 is 15.4 Å². The van der Waals surface area contributed by atoms with Crippen LogP contribution in [0.3, 0.4) is 0 Å². The molecule has 1 saturated heterocycles. The van der Waals surface area contributed by atoms with E-state index in [1.807, 2.05) is 0 Å². The average Bonchev–Trinajstić information content (AvgIpc) is 1.64. The molecule has 8 heavy (non-hydrogen) atoms. The summed E-state index contributed by atoms with van der Waals surface area (Å²) in [5, 5.41) is 15.3. The smallest absolute Gasteiger partial charge is 0.425 e. The van der Waals surface area contributed by atoms with E-state index in [1.165, 1.54) is 7.55 Å². The van der Waals surface area contributed by atoms with Gasteiger partial charge in [0.25, 0.3) is 7.55 Å². The highest BCUT2D eigenvalue weighted by atomic mass is 19.1. The molecule has 0 unspecified atom stereocenters. The fraction of sp³-hybridized carbons (Fsp3) is 0. The van der Waals surface area contributed by atoms with Crippen LogP contribution in [0.4, 0.5) is 4.32 Å². The van der Waals surface area contributed by atoms with Crippen LogP contribution in [-0.2, 0) is 0 Å². The summed E-state index contributed by atoms with van der Waals surface area (Å²) in [6, 6.07) is 0. The molecule has 1 radical (unpaired) electrons. The molecule has 1 fully saturated rings. The second-order valence-corrected chi connectivity index (χ2v) is 1.41. The molecule has 0 spiro atoms. The van der Waals surface area contributed by atoms with E-state index in [-0.39, 0.29) is 0 Å². The summed E-state index contributed by atoms with van der Waals surface area (Å²) in [5.41, 5.74) is 0. The van der Waals surface area contributed by atoms with Gasteiger partial charge in [0.15, 0.2) is 0 Å². The Balaban J connectivity index is 2.23. The Morgan fingerprint density at radius 2 is 2.25 bits per heavy atom. The van der Waals surface area contributed by atoms with Gasteiger partial charge in [-0.2, -0.15) is 0 Å². The lowest BCUT2D eigenvalue weighted by molar-refractivity contribution is 0.550. The molecule has 0 aromatic heterocycles. The van der Waals surface area contributed by atoms with Crippen molar-refractivity contribution in [1.29, 1.82) is 0 Å². The van der Waals surface area contributed by atoms with E-state index >= 15 is 0 Å². The first-order chi connectivity index (χ1) is 3.79. The van der Waals surface area contributed by atoms with Crippen LogP contribution in [-0.4, -0.2) is 27.0 Å². The van der Waals surface area contributed by atoms with Crippen molar-refractivity contribution in [2.45, 2.75) is 0 Å². The summed E-state index contributed by atoms with van der Waals surface area (Å²) in [6.45, 7) is 0. The molecule has 0 atom stereocenters. The van der Waals surface area contributed by atoms with E-state index in [2.05, 4.69) is 15.4 Å². The van der Waals surface area contributed by atoms with Crippen molar-refractivity contribution in [3.8, 4) is 0 Å². The van der Waals surface area contributed by atoms with Crippen molar-refractivity contribution in [2.24, 2.45) is 0 Å². The van der Waals surface area contributed by atoms with Gasteiger partial charge in [0.1, 0.15) is 0 Å². The first-order valence-corrected chi connectivity index (χ1v) is 2.21. The number of nitrogens with one attached hydrogen (secondary N) is 3. The first-order valence-electron chi connectivity index (χ1n) is 2.21. The van der Waals surface area contributed by atoms with Gasteiger partial charge in [-0.3, -0.25) is 4.32 Å². The molecule has 41 valence electrons. The molecule has 1 aliphatic heterocycles. The maximum absolute atomic E-state index is 12.0. The van der Waals surface area contributed by atoms with Gasteiger partial charge in [-0.05, 0) is 0 Å². The first kappa shape index (κ1) is 6.09. The van der Waals surface area contributed by atoms with Gasteiger partial charge < -0.3 is 20.4 Å². The van der Waals surface area contributed by atoms with E-state index < -0.39 is 14.4 Å². The minimum Gasteiger partial charge on any atom is -0.425 e. The van der Waals surface area contributed by atoms with Gasteiger partial charge in [0.05, 0.1) is 0 Å². The van der Waals surface area contributed by atoms with Crippen molar-refractivity contribution in [2.75, 3.05) is 0 Å². The van der Waals surface area contributed by atoms with Crippen molar-refractivity contribution in [3.63, 3.8) is 0 Å². The Hall–Kier alpha value is -0.0352. The number of rotatable bonds is 0. The highest BCUT2D eigenvalue weighted by Crippen LogP contribution is 1.74. The lowest BCUT2D eigenvalue weighted by atomic mass is 9.77. The Labute approximate surface area is 47.8 Å². The van der Waals surface area contributed by atoms with Crippen molar-refractivity contribution in [3.05, 3.63) is 0 Å². The van der Waals surface area contributed by atoms with E-state index in [9.17, 15) is 4.32 Å². The van der Waals surface area contributed by atoms with Gasteiger partial charge >= 0.3 is 14.4 Å². The van der Waals surface area contributed by atoms with Crippen LogP contribution in [0, 0.1) is 0 Å². The van der Waals surface area contributed by atoms with Crippen molar-refractivity contribution < 1.29 is 9.34 Å². The van der Waals surface area contributed by atoms with Gasteiger partial charge in [-0.25, -0.2) is 0 Å². The normalized spacial score (nSPS) is 20.8. The predicted octanol–water partition coefficient (Wildman–Crippen LogP) is -2.77. The standard InChI is InChI=1S/B3FH4N3O/c4-2-5-1-6-3(8)7-2/h5-8H. The molecule has 8 heteroatoms. The van der Waals surface area contributed by atoms with Crippen molar-refractivity contribution in [1.82, 2.24) is 15.4 Å². The Kier molecular flexibility index (Phi) is 1.90. The quantitative estimate of drug-likeness (QED) is 0.257. The highest BCUT2D eigenvalue weighted by molar-refractivity contribution is 6.76. The van der Waals surface area contributed by atoms with E-state index in [0.717, 1.165) is 0 Å². The minimum atomic E-state index is -1.36. The monoisotopic (exact) mass is 114 g/mol. The largest absolute Gasteiger partial charge is 0.496 e. The summed E-state index contributed by atoms with van der Waals surface area (Å²) >= 11 is 0. The van der Waals surface area contributed by atoms with Crippen LogP contribution in [0.2, 0.25) is 0 Å². The second-order valence-electron chi connectivity index (χ2n) is 1.41. The number of hydrogen-bond donors (Lipinski definition) is 4. The third-order valence-electron chi connectivity index (χ3n) is 0.775. The van der Waals surface area contributed by atoms with E-state index in [0.29, 0.717) is 0 Å². The molecular formula is H4B3FN3O. The zero-order valence-corrected chi connectivity index (χ0v) is 4.06. The van der Waals surface area contributed by atoms with Crippen LogP contribution in [0.25, 0.3) is 0 Å². The lowest BCUT2D eigenvalue weighted by Crippen LogP contribution is -2.68. The molecule has 0 aromatic rings. The van der Waals surface area contributed by atoms with E-state index in [1.54, 1.807) is 0 Å². The zero-order chi connectivity index (χ0) is 5.98. The molecule has 4 N–H and O–H groups in total. The van der Waals surface area contributed by atoms with Crippen LogP contribution >= 0.6 is 0 Å². The summed E-state index contributed by atoms with van der Waals surface area (Å²) in [4.78, 5) is 0. The maximum Gasteiger partial charge on any atom is 0.496 e. The van der Waals surface area contributed by atoms with Crippen LogP contribution in [0.1, 0.15) is 0 Å². The maximum atomic E-state index is 12.0. The Morgan fingerprint density at radius 1 is 1.50 bits per heavy atom. The summed E-state index contributed by atoms with van der Waals surface area (Å²) in [5.74, 6) is 0. The van der Waals surface area contributed by atoms with Gasteiger partial charge in [0, 0.05) is 0 Å². The molecule has 0 aromatic carbocycles. The van der Waals surface area contributed by atoms with Gasteiger partial charge in [-0.1, -0.05) is 0 Å². The molecule has 1 aliphatic rings. The molecule has 0 bridgehead atoms. The molecule has 4 nitrogen and oxygen atoms in total. The Morgan fingerprint density at radius 3 is 2.62 bits per heavy atom. The average molecular weight is 113 g/mol. The lowest BCUT2D eigenvalue weighted by Gasteiger charge is -2.16. The fourth-order valence-corrected chi connectivity index (χ4v) is 0.435. The topological polar surface area (TPSA) is 56.3 Å². The van der Waals surface area contributed by atoms with Gasteiger partial charge in [0.2, 0.25) is 0 Å². The minimum absolute atomic E-state index is 0.980. The van der Waals surface area contributed by atoms with E-state index in [4.69, 9.17) is 5.02 Å². The van der Waals surface area contributed by atoms with Crippen molar-refractivity contribution >= 4 is 22.0 Å². The number of hydrogen-bond acceptors (Lipinski definition) is 4. The zero-order valence-electron chi connectivity index (χ0n) is 4.06. The molecule has 1 heterocycles. The SMILES string of the molecule is OB1N[B]NB(F)N1. The molecule has 1 rings (SSSR count).